The molecule has 160 valence electrons. The van der Waals surface area contributed by atoms with E-state index in [9.17, 15) is 9.59 Å². The van der Waals surface area contributed by atoms with Crippen molar-refractivity contribution in [2.24, 2.45) is 0 Å². The van der Waals surface area contributed by atoms with Gasteiger partial charge in [-0.25, -0.2) is 4.79 Å². The van der Waals surface area contributed by atoms with Crippen LogP contribution in [0.15, 0.2) is 51.9 Å². The predicted molar refractivity (Wildman–Crippen MR) is 114 cm³/mol. The molecule has 1 aromatic heterocycles. The van der Waals surface area contributed by atoms with Gasteiger partial charge in [-0.15, -0.1) is 0 Å². The maximum absolute atomic E-state index is 13.0. The molecule has 0 saturated heterocycles. The van der Waals surface area contributed by atoms with Gasteiger partial charge in [-0.3, -0.25) is 9.69 Å². The summed E-state index contributed by atoms with van der Waals surface area (Å²) in [5.74, 6) is 0.891. The van der Waals surface area contributed by atoms with E-state index in [4.69, 9.17) is 18.6 Å². The maximum Gasteiger partial charge on any atom is 0.338 e. The Morgan fingerprint density at radius 2 is 1.97 bits per heavy atom. The SMILES string of the molecule is CCCOC(=O)c1ccc(Oc2coc3c4c(ccc3c2=O)OCN(C2CC2)C4)cc1. The van der Waals surface area contributed by atoms with Crippen molar-refractivity contribution in [3.63, 3.8) is 0 Å². The van der Waals surface area contributed by atoms with Crippen molar-refractivity contribution in [1.82, 2.24) is 4.90 Å². The molecule has 31 heavy (non-hydrogen) atoms. The lowest BCUT2D eigenvalue weighted by molar-refractivity contribution is 0.0505. The Morgan fingerprint density at radius 1 is 1.16 bits per heavy atom. The van der Waals surface area contributed by atoms with Gasteiger partial charge in [0.1, 0.15) is 30.1 Å². The molecule has 1 saturated carbocycles. The molecule has 0 spiro atoms. The molecule has 0 unspecified atom stereocenters. The molecule has 1 aliphatic heterocycles. The number of hydrogen-bond donors (Lipinski definition) is 0. The summed E-state index contributed by atoms with van der Waals surface area (Å²) in [5, 5.41) is 0.456. The van der Waals surface area contributed by atoms with Crippen molar-refractivity contribution in [3.8, 4) is 17.2 Å². The van der Waals surface area contributed by atoms with Crippen molar-refractivity contribution in [1.29, 1.82) is 0 Å². The summed E-state index contributed by atoms with van der Waals surface area (Å²) in [7, 11) is 0. The molecule has 2 aliphatic rings. The standard InChI is InChI=1S/C24H23NO6/c1-2-11-28-24(27)15-3-7-17(8-4-15)31-21-13-29-23-18(22(21)26)9-10-20-19(23)12-25(14-30-20)16-5-6-16/h3-4,7-10,13,16H,2,5-6,11-12,14H2,1H3. The average Bonchev–Trinajstić information content (AvgIpc) is 3.65. The molecule has 0 atom stereocenters. The molecule has 0 bridgehead atoms. The van der Waals surface area contributed by atoms with Crippen LogP contribution in [0, 0.1) is 0 Å². The Hall–Kier alpha value is -3.32. The highest BCUT2D eigenvalue weighted by Crippen LogP contribution is 2.37. The lowest BCUT2D eigenvalue weighted by Gasteiger charge is -2.29. The van der Waals surface area contributed by atoms with Gasteiger partial charge in [-0.1, -0.05) is 6.92 Å². The molecule has 3 aromatic rings. The van der Waals surface area contributed by atoms with E-state index in [1.807, 2.05) is 13.0 Å². The second-order valence-corrected chi connectivity index (χ2v) is 7.86. The lowest BCUT2D eigenvalue weighted by atomic mass is 10.1. The van der Waals surface area contributed by atoms with E-state index in [-0.39, 0.29) is 17.1 Å². The first-order valence-corrected chi connectivity index (χ1v) is 10.5. The topological polar surface area (TPSA) is 78.2 Å². The molecule has 0 radical (unpaired) electrons. The molecule has 5 rings (SSSR count). The highest BCUT2D eigenvalue weighted by atomic mass is 16.5. The van der Waals surface area contributed by atoms with Crippen LogP contribution in [0.5, 0.6) is 17.2 Å². The Morgan fingerprint density at radius 3 is 2.71 bits per heavy atom. The first-order chi connectivity index (χ1) is 15.1. The van der Waals surface area contributed by atoms with Gasteiger partial charge in [-0.05, 0) is 55.7 Å². The fraction of sp³-hybridized carbons (Fsp3) is 0.333. The molecule has 1 aliphatic carbocycles. The van der Waals surface area contributed by atoms with E-state index >= 15 is 0 Å². The fourth-order valence-corrected chi connectivity index (χ4v) is 3.72. The third-order valence-electron chi connectivity index (χ3n) is 5.54. The molecule has 7 heteroatoms. The summed E-state index contributed by atoms with van der Waals surface area (Å²) in [4.78, 5) is 27.2. The van der Waals surface area contributed by atoms with Crippen LogP contribution in [-0.2, 0) is 11.3 Å². The third kappa shape index (κ3) is 3.88. The van der Waals surface area contributed by atoms with E-state index in [0.717, 1.165) is 17.7 Å². The van der Waals surface area contributed by atoms with Crippen LogP contribution in [0.4, 0.5) is 0 Å². The van der Waals surface area contributed by atoms with Gasteiger partial charge in [0.15, 0.2) is 0 Å². The Kier molecular flexibility index (Phi) is 5.11. The van der Waals surface area contributed by atoms with Crippen molar-refractivity contribution in [2.75, 3.05) is 13.3 Å². The summed E-state index contributed by atoms with van der Waals surface area (Å²) in [5.41, 5.74) is 1.61. The van der Waals surface area contributed by atoms with Crippen LogP contribution in [0.25, 0.3) is 11.0 Å². The second kappa shape index (κ2) is 8.07. The summed E-state index contributed by atoms with van der Waals surface area (Å²) in [6, 6.07) is 10.6. The Bertz CT molecular complexity index is 1180. The number of esters is 1. The molecular weight excluding hydrogens is 398 g/mol. The van der Waals surface area contributed by atoms with Gasteiger partial charge < -0.3 is 18.6 Å². The van der Waals surface area contributed by atoms with Crippen LogP contribution in [0.2, 0.25) is 0 Å². The zero-order chi connectivity index (χ0) is 21.4. The van der Waals surface area contributed by atoms with Gasteiger partial charge in [0.05, 0.1) is 23.1 Å². The van der Waals surface area contributed by atoms with Crippen LogP contribution >= 0.6 is 0 Å². The number of hydrogen-bond acceptors (Lipinski definition) is 7. The lowest BCUT2D eigenvalue weighted by Crippen LogP contribution is -2.33. The van der Waals surface area contributed by atoms with Gasteiger partial charge in [0.25, 0.3) is 0 Å². The van der Waals surface area contributed by atoms with Gasteiger partial charge in [-0.2, -0.15) is 0 Å². The number of ether oxygens (including phenoxy) is 3. The summed E-state index contributed by atoms with van der Waals surface area (Å²) in [6.45, 7) is 3.58. The van der Waals surface area contributed by atoms with Crippen molar-refractivity contribution in [3.05, 3.63) is 64.0 Å². The first-order valence-electron chi connectivity index (χ1n) is 10.5. The number of nitrogens with zero attached hydrogens (tertiary/aromatic N) is 1. The van der Waals surface area contributed by atoms with Crippen LogP contribution in [0.3, 0.4) is 0 Å². The fourth-order valence-electron chi connectivity index (χ4n) is 3.72. The normalized spacial score (nSPS) is 15.9. The minimum atomic E-state index is -0.383. The highest BCUT2D eigenvalue weighted by molar-refractivity contribution is 5.89. The van der Waals surface area contributed by atoms with Crippen molar-refractivity contribution < 1.29 is 23.4 Å². The molecule has 0 amide bonds. The number of carbonyl (C=O) groups excluding carboxylic acids is 1. The second-order valence-electron chi connectivity index (χ2n) is 7.86. The zero-order valence-corrected chi connectivity index (χ0v) is 17.3. The summed E-state index contributed by atoms with van der Waals surface area (Å²) >= 11 is 0. The largest absolute Gasteiger partial charge is 0.478 e. The molecule has 2 heterocycles. The molecule has 0 N–H and O–H groups in total. The quantitative estimate of drug-likeness (QED) is 0.544. The summed E-state index contributed by atoms with van der Waals surface area (Å²) < 4.78 is 22.6. The minimum absolute atomic E-state index is 0.0875. The maximum atomic E-state index is 13.0. The molecule has 7 nitrogen and oxygen atoms in total. The number of carbonyl (C=O) groups is 1. The average molecular weight is 421 g/mol. The minimum Gasteiger partial charge on any atom is -0.478 e. The Labute approximate surface area is 179 Å². The highest BCUT2D eigenvalue weighted by Gasteiger charge is 2.33. The Balaban J connectivity index is 1.39. The third-order valence-corrected chi connectivity index (χ3v) is 5.54. The van der Waals surface area contributed by atoms with E-state index in [1.54, 1.807) is 30.3 Å². The number of rotatable bonds is 6. The molecule has 2 aromatic carbocycles. The summed E-state index contributed by atoms with van der Waals surface area (Å²) in [6.07, 6.45) is 4.46. The molecular formula is C24H23NO6. The van der Waals surface area contributed by atoms with E-state index in [2.05, 4.69) is 4.90 Å². The van der Waals surface area contributed by atoms with Crippen molar-refractivity contribution >= 4 is 16.9 Å². The molecule has 1 fully saturated rings. The van der Waals surface area contributed by atoms with Gasteiger partial charge >= 0.3 is 5.97 Å². The van der Waals surface area contributed by atoms with Crippen molar-refractivity contribution in [2.45, 2.75) is 38.8 Å². The van der Waals surface area contributed by atoms with E-state index in [0.29, 0.717) is 48.2 Å². The van der Waals surface area contributed by atoms with Crippen LogP contribution < -0.4 is 14.9 Å². The van der Waals surface area contributed by atoms with E-state index in [1.165, 1.54) is 19.1 Å². The van der Waals surface area contributed by atoms with Gasteiger partial charge in [0.2, 0.25) is 11.2 Å². The number of fused-ring (bicyclic) bond motifs is 3. The zero-order valence-electron chi connectivity index (χ0n) is 17.3. The first kappa shape index (κ1) is 19.6. The smallest absolute Gasteiger partial charge is 0.338 e. The monoisotopic (exact) mass is 421 g/mol. The predicted octanol–water partition coefficient (Wildman–Crippen LogP) is 4.47. The number of benzene rings is 2. The van der Waals surface area contributed by atoms with E-state index < -0.39 is 0 Å². The van der Waals surface area contributed by atoms with Crippen LogP contribution in [0.1, 0.15) is 42.1 Å². The van der Waals surface area contributed by atoms with Crippen LogP contribution in [-0.4, -0.2) is 30.2 Å². The van der Waals surface area contributed by atoms with Gasteiger partial charge in [0, 0.05) is 12.6 Å².